The summed E-state index contributed by atoms with van der Waals surface area (Å²) < 4.78 is 13.6. The maximum Gasteiger partial charge on any atom is 0.313 e. The van der Waals surface area contributed by atoms with Crippen LogP contribution in [0.15, 0.2) is 36.5 Å². The van der Waals surface area contributed by atoms with E-state index in [-0.39, 0.29) is 19.0 Å². The molecule has 1 aliphatic carbocycles. The summed E-state index contributed by atoms with van der Waals surface area (Å²) in [7, 11) is 0. The average Bonchev–Trinajstić information content (AvgIpc) is 3.64. The van der Waals surface area contributed by atoms with E-state index in [0.29, 0.717) is 42.4 Å². The van der Waals surface area contributed by atoms with Crippen LogP contribution in [0.1, 0.15) is 44.2 Å². The Morgan fingerprint density at radius 2 is 1.91 bits per heavy atom. The predicted molar refractivity (Wildman–Crippen MR) is 126 cm³/mol. The summed E-state index contributed by atoms with van der Waals surface area (Å²) >= 11 is 0. The maximum atomic E-state index is 13.6. The van der Waals surface area contributed by atoms with Crippen LogP contribution in [0.3, 0.4) is 0 Å². The Balaban J connectivity index is 1.57. The van der Waals surface area contributed by atoms with Crippen LogP contribution in [0.5, 0.6) is 0 Å². The van der Waals surface area contributed by atoms with Gasteiger partial charge in [-0.2, -0.15) is 0 Å². The summed E-state index contributed by atoms with van der Waals surface area (Å²) in [5, 5.41) is 2.62. The van der Waals surface area contributed by atoms with Crippen molar-refractivity contribution in [3.63, 3.8) is 0 Å². The maximum absolute atomic E-state index is 13.6. The molecule has 34 heavy (non-hydrogen) atoms. The van der Waals surface area contributed by atoms with E-state index in [4.69, 9.17) is 5.73 Å². The Morgan fingerprint density at radius 3 is 2.56 bits per heavy atom. The van der Waals surface area contributed by atoms with Gasteiger partial charge in [-0.25, -0.2) is 9.37 Å². The van der Waals surface area contributed by atoms with Gasteiger partial charge in [-0.15, -0.1) is 0 Å². The number of amides is 3. The topological polar surface area (TPSA) is 109 Å². The van der Waals surface area contributed by atoms with Crippen molar-refractivity contribution in [1.82, 2.24) is 14.8 Å². The monoisotopic (exact) mass is 467 g/mol. The van der Waals surface area contributed by atoms with Crippen LogP contribution in [0.2, 0.25) is 0 Å². The first-order valence-electron chi connectivity index (χ1n) is 11.6. The van der Waals surface area contributed by atoms with Crippen molar-refractivity contribution in [2.45, 2.75) is 45.1 Å². The minimum Gasteiger partial charge on any atom is -0.383 e. The van der Waals surface area contributed by atoms with Gasteiger partial charge < -0.3 is 20.9 Å². The van der Waals surface area contributed by atoms with Crippen LogP contribution in [-0.2, 0) is 26.3 Å². The van der Waals surface area contributed by atoms with Gasteiger partial charge in [0.05, 0.1) is 17.4 Å². The first-order chi connectivity index (χ1) is 16.2. The zero-order valence-electron chi connectivity index (χ0n) is 19.5. The van der Waals surface area contributed by atoms with Crippen LogP contribution >= 0.6 is 0 Å². The van der Waals surface area contributed by atoms with Crippen molar-refractivity contribution in [1.29, 1.82) is 0 Å². The van der Waals surface area contributed by atoms with Gasteiger partial charge in [0.25, 0.3) is 0 Å². The fraction of sp³-hybridized carbons (Fsp3) is 0.440. The minimum atomic E-state index is -0.993. The third-order valence-corrected chi connectivity index (χ3v) is 6.75. The number of benzene rings is 1. The number of piperazine rings is 1. The van der Waals surface area contributed by atoms with Crippen molar-refractivity contribution < 1.29 is 18.8 Å². The van der Waals surface area contributed by atoms with E-state index in [1.165, 1.54) is 23.2 Å². The summed E-state index contributed by atoms with van der Waals surface area (Å²) in [6.45, 7) is 4.48. The summed E-state index contributed by atoms with van der Waals surface area (Å²) in [4.78, 5) is 46.4. The molecule has 4 rings (SSSR count). The second-order valence-corrected chi connectivity index (χ2v) is 9.28. The molecule has 8 nitrogen and oxygen atoms in total. The van der Waals surface area contributed by atoms with Crippen molar-refractivity contribution >= 4 is 29.2 Å². The molecule has 0 spiro atoms. The second kappa shape index (κ2) is 9.40. The molecule has 1 saturated carbocycles. The number of halogens is 1. The number of carbonyl (C=O) groups excluding carboxylic acids is 3. The minimum absolute atomic E-state index is 0.0485. The van der Waals surface area contributed by atoms with Crippen molar-refractivity contribution in [3.05, 3.63) is 53.5 Å². The van der Waals surface area contributed by atoms with Crippen LogP contribution in [0.4, 0.5) is 15.9 Å². The van der Waals surface area contributed by atoms with Crippen molar-refractivity contribution in [2.24, 2.45) is 5.92 Å². The van der Waals surface area contributed by atoms with Crippen LogP contribution in [0, 0.1) is 11.7 Å². The van der Waals surface area contributed by atoms with E-state index in [1.54, 1.807) is 23.1 Å². The molecule has 1 aromatic carbocycles. The number of aryl methyl sites for hydroxylation is 1. The van der Waals surface area contributed by atoms with E-state index < -0.39 is 23.2 Å². The number of carbonyl (C=O) groups is 3. The summed E-state index contributed by atoms with van der Waals surface area (Å²) in [6, 6.07) is 7.53. The highest BCUT2D eigenvalue weighted by molar-refractivity contribution is 6.39. The molecule has 3 N–H and O–H groups in total. The smallest absolute Gasteiger partial charge is 0.313 e. The van der Waals surface area contributed by atoms with E-state index in [0.717, 1.165) is 18.4 Å². The number of nitrogens with zero attached hydrogens (tertiary/aromatic N) is 3. The first-order valence-corrected chi connectivity index (χ1v) is 11.6. The molecule has 2 fully saturated rings. The van der Waals surface area contributed by atoms with Crippen molar-refractivity contribution in [3.8, 4) is 0 Å². The molecule has 1 saturated heterocycles. The van der Waals surface area contributed by atoms with Gasteiger partial charge in [-0.3, -0.25) is 14.4 Å². The van der Waals surface area contributed by atoms with E-state index in [9.17, 15) is 18.8 Å². The lowest BCUT2D eigenvalue weighted by Gasteiger charge is -2.49. The first kappa shape index (κ1) is 23.7. The van der Waals surface area contributed by atoms with E-state index in [1.807, 2.05) is 13.8 Å². The summed E-state index contributed by atoms with van der Waals surface area (Å²) in [5.41, 5.74) is 6.64. The number of pyridine rings is 1. The molecule has 1 atom stereocenters. The fourth-order valence-electron chi connectivity index (χ4n) is 4.48. The third-order valence-electron chi connectivity index (χ3n) is 6.75. The Morgan fingerprint density at radius 1 is 1.21 bits per heavy atom. The highest BCUT2D eigenvalue weighted by Crippen LogP contribution is 2.36. The molecule has 2 heterocycles. The van der Waals surface area contributed by atoms with Gasteiger partial charge in [0.1, 0.15) is 11.6 Å². The molecule has 2 aliphatic rings. The lowest BCUT2D eigenvalue weighted by atomic mass is 9.87. The Labute approximate surface area is 198 Å². The average molecular weight is 468 g/mol. The second-order valence-electron chi connectivity index (χ2n) is 9.28. The molecule has 2 aromatic rings. The number of hydrogen-bond donors (Lipinski definition) is 2. The van der Waals surface area contributed by atoms with Crippen LogP contribution in [0.25, 0.3) is 0 Å². The molecular formula is C25H30FN5O3. The normalized spacial score (nSPS) is 20.2. The molecule has 1 aromatic heterocycles. The zero-order chi connectivity index (χ0) is 24.5. The van der Waals surface area contributed by atoms with Gasteiger partial charge in [0, 0.05) is 26.1 Å². The highest BCUT2D eigenvalue weighted by atomic mass is 19.1. The standard InChI is InChI=1S/C25H30FN5O3/c1-3-17-13-20(14-28-22(17)27)29-23(33)24(34)31-11-10-30(21(32)12-16-4-5-16)15-25(31,2)18-6-8-19(26)9-7-18/h6-9,13-14,16H,3-5,10-12,15H2,1-2H3,(H2,27,28)(H,29,33)/t25-/m0/s1. The van der Waals surface area contributed by atoms with Gasteiger partial charge in [-0.05, 0) is 61.4 Å². The molecule has 180 valence electrons. The third kappa shape index (κ3) is 4.88. The SMILES string of the molecule is CCc1cc(NC(=O)C(=O)N2CCN(C(=O)CC3CC3)C[C@@]2(C)c2ccc(F)cc2)cnc1N. The van der Waals surface area contributed by atoms with E-state index in [2.05, 4.69) is 10.3 Å². The van der Waals surface area contributed by atoms with Crippen molar-refractivity contribution in [2.75, 3.05) is 30.7 Å². The number of anilines is 2. The molecule has 0 bridgehead atoms. The number of nitrogens with one attached hydrogen (secondary N) is 1. The predicted octanol–water partition coefficient (Wildman–Crippen LogP) is 2.69. The lowest BCUT2D eigenvalue weighted by Crippen LogP contribution is -2.63. The number of aromatic nitrogens is 1. The van der Waals surface area contributed by atoms with Gasteiger partial charge >= 0.3 is 11.8 Å². The molecule has 1 aliphatic heterocycles. The lowest BCUT2D eigenvalue weighted by molar-refractivity contribution is -0.154. The number of rotatable bonds is 5. The zero-order valence-corrected chi connectivity index (χ0v) is 19.5. The molecule has 0 radical (unpaired) electrons. The van der Waals surface area contributed by atoms with Crippen LogP contribution in [-0.4, -0.2) is 52.1 Å². The Hall–Kier alpha value is -3.49. The molecule has 0 unspecified atom stereocenters. The number of nitrogen functional groups attached to an aromatic ring is 1. The van der Waals surface area contributed by atoms with Gasteiger partial charge in [-0.1, -0.05) is 19.1 Å². The Bertz CT molecular complexity index is 1100. The Kier molecular flexibility index (Phi) is 6.54. The number of nitrogens with two attached hydrogens (primary N) is 1. The summed E-state index contributed by atoms with van der Waals surface area (Å²) in [5.74, 6) is -1.06. The molecular weight excluding hydrogens is 437 g/mol. The van der Waals surface area contributed by atoms with Crippen LogP contribution < -0.4 is 11.1 Å². The largest absolute Gasteiger partial charge is 0.383 e. The van der Waals surface area contributed by atoms with Gasteiger partial charge in [0.15, 0.2) is 0 Å². The van der Waals surface area contributed by atoms with Gasteiger partial charge in [0.2, 0.25) is 5.91 Å². The fourth-order valence-corrected chi connectivity index (χ4v) is 4.48. The summed E-state index contributed by atoms with van der Waals surface area (Å²) in [6.07, 6.45) is 4.68. The molecule has 3 amide bonds. The quantitative estimate of drug-likeness (QED) is 0.658. The van der Waals surface area contributed by atoms with E-state index >= 15 is 0 Å². The molecule has 9 heteroatoms. The highest BCUT2D eigenvalue weighted by Gasteiger charge is 2.45. The number of hydrogen-bond acceptors (Lipinski definition) is 5.